The van der Waals surface area contributed by atoms with Crippen molar-refractivity contribution in [2.45, 2.75) is 38.8 Å². The highest BCUT2D eigenvalue weighted by Gasteiger charge is 2.34. The molecule has 2 amide bonds. The van der Waals surface area contributed by atoms with Gasteiger partial charge in [0, 0.05) is 30.6 Å². The molecule has 0 spiro atoms. The van der Waals surface area contributed by atoms with Gasteiger partial charge in [-0.15, -0.1) is 0 Å². The Morgan fingerprint density at radius 2 is 1.82 bits per heavy atom. The number of benzene rings is 1. The minimum Gasteiger partial charge on any atom is -0.479 e. The summed E-state index contributed by atoms with van der Waals surface area (Å²) in [6, 6.07) is 6.71. The summed E-state index contributed by atoms with van der Waals surface area (Å²) < 4.78 is 0. The number of aromatic nitrogens is 1. The molecule has 1 aromatic heterocycles. The lowest BCUT2D eigenvalue weighted by Crippen LogP contribution is -2.51. The number of likely N-dealkylation sites (N-methyl/N-ethyl adjacent to an activating group) is 1. The molecule has 0 saturated carbocycles. The second-order valence-corrected chi connectivity index (χ2v) is 7.26. The SMILES string of the molecule is CNC(=O)[C@H](Cc1c[nH]c2ccccc12)NC(=O)[C@H](CC(C)C)[C@H](O)C(=O)O. The van der Waals surface area contributed by atoms with Crippen LogP contribution in [0.3, 0.4) is 0 Å². The maximum absolute atomic E-state index is 12.7. The van der Waals surface area contributed by atoms with E-state index < -0.39 is 35.8 Å². The monoisotopic (exact) mass is 389 g/mol. The van der Waals surface area contributed by atoms with Crippen LogP contribution in [-0.4, -0.2) is 52.2 Å². The molecular formula is C20H27N3O5. The number of amides is 2. The van der Waals surface area contributed by atoms with Crippen LogP contribution in [0.4, 0.5) is 0 Å². The molecule has 28 heavy (non-hydrogen) atoms. The molecule has 1 heterocycles. The number of carbonyl (C=O) groups excluding carboxylic acids is 2. The Morgan fingerprint density at radius 3 is 2.43 bits per heavy atom. The van der Waals surface area contributed by atoms with E-state index in [1.807, 2.05) is 38.1 Å². The van der Waals surface area contributed by atoms with Crippen LogP contribution >= 0.6 is 0 Å². The molecule has 152 valence electrons. The van der Waals surface area contributed by atoms with Crippen molar-refractivity contribution in [1.82, 2.24) is 15.6 Å². The van der Waals surface area contributed by atoms with Crippen LogP contribution in [0, 0.1) is 11.8 Å². The predicted molar refractivity (Wildman–Crippen MR) is 105 cm³/mol. The van der Waals surface area contributed by atoms with E-state index in [0.29, 0.717) is 0 Å². The number of aromatic amines is 1. The van der Waals surface area contributed by atoms with Gasteiger partial charge in [0.1, 0.15) is 6.04 Å². The maximum Gasteiger partial charge on any atom is 0.333 e. The molecule has 8 heteroatoms. The first kappa shape index (κ1) is 21.4. The summed E-state index contributed by atoms with van der Waals surface area (Å²) in [5, 5.41) is 25.1. The minimum absolute atomic E-state index is 0.00295. The number of H-pyrrole nitrogens is 1. The van der Waals surface area contributed by atoms with Crippen molar-refractivity contribution in [2.75, 3.05) is 7.05 Å². The van der Waals surface area contributed by atoms with Crippen molar-refractivity contribution in [1.29, 1.82) is 0 Å². The summed E-state index contributed by atoms with van der Waals surface area (Å²) in [5.74, 6) is -3.66. The minimum atomic E-state index is -1.83. The molecule has 0 aliphatic rings. The van der Waals surface area contributed by atoms with Gasteiger partial charge in [0.05, 0.1) is 5.92 Å². The summed E-state index contributed by atoms with van der Waals surface area (Å²) in [7, 11) is 1.47. The molecule has 3 atom stereocenters. The van der Waals surface area contributed by atoms with Gasteiger partial charge in [-0.3, -0.25) is 9.59 Å². The van der Waals surface area contributed by atoms with E-state index in [0.717, 1.165) is 16.5 Å². The van der Waals surface area contributed by atoms with E-state index in [2.05, 4.69) is 15.6 Å². The van der Waals surface area contributed by atoms with Crippen LogP contribution in [0.15, 0.2) is 30.5 Å². The number of carboxylic acids is 1. The number of aliphatic carboxylic acids is 1. The van der Waals surface area contributed by atoms with Gasteiger partial charge in [-0.05, 0) is 24.0 Å². The molecule has 0 saturated heterocycles. The van der Waals surface area contributed by atoms with Crippen molar-refractivity contribution < 1.29 is 24.6 Å². The van der Waals surface area contributed by atoms with E-state index in [-0.39, 0.29) is 18.8 Å². The number of hydrogen-bond acceptors (Lipinski definition) is 4. The van der Waals surface area contributed by atoms with Crippen molar-refractivity contribution in [3.8, 4) is 0 Å². The van der Waals surface area contributed by atoms with Gasteiger partial charge in [-0.2, -0.15) is 0 Å². The second kappa shape index (κ2) is 9.36. The summed E-state index contributed by atoms with van der Waals surface area (Å²) in [5.41, 5.74) is 1.77. The zero-order valence-electron chi connectivity index (χ0n) is 16.2. The fourth-order valence-electron chi connectivity index (χ4n) is 3.24. The van der Waals surface area contributed by atoms with E-state index in [9.17, 15) is 19.5 Å². The Kier molecular flexibility index (Phi) is 7.17. The second-order valence-electron chi connectivity index (χ2n) is 7.26. The van der Waals surface area contributed by atoms with Crippen LogP contribution in [0.5, 0.6) is 0 Å². The largest absolute Gasteiger partial charge is 0.479 e. The molecule has 0 aliphatic carbocycles. The molecular weight excluding hydrogens is 362 g/mol. The van der Waals surface area contributed by atoms with Gasteiger partial charge in [0.25, 0.3) is 0 Å². The highest BCUT2D eigenvalue weighted by molar-refractivity contribution is 5.92. The van der Waals surface area contributed by atoms with E-state index in [4.69, 9.17) is 5.11 Å². The predicted octanol–water partition coefficient (Wildman–Crippen LogP) is 1.05. The van der Waals surface area contributed by atoms with Crippen LogP contribution in [0.1, 0.15) is 25.8 Å². The Balaban J connectivity index is 2.23. The third kappa shape index (κ3) is 5.10. The number of rotatable bonds is 9. The third-order valence-electron chi connectivity index (χ3n) is 4.67. The number of aliphatic hydroxyl groups excluding tert-OH is 1. The van der Waals surface area contributed by atoms with Gasteiger partial charge >= 0.3 is 5.97 Å². The van der Waals surface area contributed by atoms with Crippen LogP contribution in [0.25, 0.3) is 10.9 Å². The molecule has 0 fully saturated rings. The standard InChI is InChI=1S/C20H27N3O5/c1-11(2)8-14(17(24)20(27)28)18(25)23-16(19(26)21-3)9-12-10-22-15-7-5-4-6-13(12)15/h4-7,10-11,14,16-17,22,24H,8-9H2,1-3H3,(H,21,26)(H,23,25)(H,27,28)/t14-,16+,17+/m1/s1. The van der Waals surface area contributed by atoms with Crippen LogP contribution < -0.4 is 10.6 Å². The molecule has 5 N–H and O–H groups in total. The van der Waals surface area contributed by atoms with Crippen molar-refractivity contribution in [3.63, 3.8) is 0 Å². The number of para-hydroxylation sites is 1. The zero-order chi connectivity index (χ0) is 20.8. The average Bonchev–Trinajstić information content (AvgIpc) is 3.07. The molecule has 0 radical (unpaired) electrons. The van der Waals surface area contributed by atoms with Crippen molar-refractivity contribution >= 4 is 28.7 Å². The topological polar surface area (TPSA) is 132 Å². The average molecular weight is 389 g/mol. The van der Waals surface area contributed by atoms with Gasteiger partial charge in [0.15, 0.2) is 6.10 Å². The Hall–Kier alpha value is -2.87. The lowest BCUT2D eigenvalue weighted by Gasteiger charge is -2.24. The highest BCUT2D eigenvalue weighted by Crippen LogP contribution is 2.20. The number of fused-ring (bicyclic) bond motifs is 1. The summed E-state index contributed by atoms with van der Waals surface area (Å²) in [6.07, 6.45) is 0.366. The summed E-state index contributed by atoms with van der Waals surface area (Å²) in [6.45, 7) is 3.66. The molecule has 2 rings (SSSR count). The fourth-order valence-corrected chi connectivity index (χ4v) is 3.24. The first-order valence-electron chi connectivity index (χ1n) is 9.22. The Morgan fingerprint density at radius 1 is 1.14 bits per heavy atom. The molecule has 0 unspecified atom stereocenters. The summed E-state index contributed by atoms with van der Waals surface area (Å²) in [4.78, 5) is 39.4. The van der Waals surface area contributed by atoms with Gasteiger partial charge < -0.3 is 25.8 Å². The molecule has 0 aliphatic heterocycles. The summed E-state index contributed by atoms with van der Waals surface area (Å²) >= 11 is 0. The van der Waals surface area contributed by atoms with Crippen molar-refractivity contribution in [2.24, 2.45) is 11.8 Å². The smallest absolute Gasteiger partial charge is 0.333 e. The molecule has 0 bridgehead atoms. The zero-order valence-corrected chi connectivity index (χ0v) is 16.2. The van der Waals surface area contributed by atoms with E-state index >= 15 is 0 Å². The number of aliphatic hydroxyl groups is 1. The molecule has 2 aromatic rings. The van der Waals surface area contributed by atoms with Crippen LogP contribution in [0.2, 0.25) is 0 Å². The quantitative estimate of drug-likeness (QED) is 0.437. The lowest BCUT2D eigenvalue weighted by atomic mass is 9.90. The van der Waals surface area contributed by atoms with Gasteiger partial charge in [-0.1, -0.05) is 32.0 Å². The van der Waals surface area contributed by atoms with Gasteiger partial charge in [-0.25, -0.2) is 4.79 Å². The van der Waals surface area contributed by atoms with E-state index in [1.54, 1.807) is 6.20 Å². The van der Waals surface area contributed by atoms with Crippen molar-refractivity contribution in [3.05, 3.63) is 36.0 Å². The maximum atomic E-state index is 12.7. The van der Waals surface area contributed by atoms with Gasteiger partial charge in [0.2, 0.25) is 11.8 Å². The number of carbonyl (C=O) groups is 3. The fraction of sp³-hybridized carbons (Fsp3) is 0.450. The van der Waals surface area contributed by atoms with Crippen LogP contribution in [-0.2, 0) is 20.8 Å². The lowest BCUT2D eigenvalue weighted by molar-refractivity contribution is -0.154. The number of carboxylic acid groups (broad SMARTS) is 1. The molecule has 1 aromatic carbocycles. The van der Waals surface area contributed by atoms with E-state index in [1.165, 1.54) is 7.05 Å². The Labute approximate surface area is 163 Å². The highest BCUT2D eigenvalue weighted by atomic mass is 16.4. The molecule has 8 nitrogen and oxygen atoms in total. The number of nitrogens with one attached hydrogen (secondary N) is 3. The first-order chi connectivity index (χ1) is 13.2. The first-order valence-corrected chi connectivity index (χ1v) is 9.22. The Bertz CT molecular complexity index is 845. The third-order valence-corrected chi connectivity index (χ3v) is 4.67. The normalized spacial score (nSPS) is 14.5. The number of hydrogen-bond donors (Lipinski definition) is 5.